The molecule has 2 unspecified atom stereocenters. The van der Waals surface area contributed by atoms with Gasteiger partial charge in [-0.3, -0.25) is 9.59 Å². The number of benzene rings is 1. The molecule has 114 valence electrons. The Hall–Kier alpha value is -1.43. The van der Waals surface area contributed by atoms with Crippen molar-refractivity contribution in [2.45, 2.75) is 38.1 Å². The maximum Gasteiger partial charge on any atom is 0.308 e. The highest BCUT2D eigenvalue weighted by atomic mass is 79.9. The monoisotopic (exact) mass is 357 g/mol. The van der Waals surface area contributed by atoms with Crippen LogP contribution < -0.4 is 5.32 Å². The van der Waals surface area contributed by atoms with Crippen molar-refractivity contribution in [2.24, 2.45) is 5.92 Å². The molecule has 1 amide bonds. The second-order valence-electron chi connectivity index (χ2n) is 5.29. The van der Waals surface area contributed by atoms with Gasteiger partial charge < -0.3 is 10.4 Å². The maximum atomic E-state index is 13.7. The second kappa shape index (κ2) is 7.02. The van der Waals surface area contributed by atoms with Crippen molar-refractivity contribution < 1.29 is 19.1 Å². The summed E-state index contributed by atoms with van der Waals surface area (Å²) >= 11 is 3.20. The molecule has 1 fully saturated rings. The largest absolute Gasteiger partial charge is 0.481 e. The minimum atomic E-state index is -0.906. The number of halogens is 2. The van der Waals surface area contributed by atoms with E-state index in [1.807, 2.05) is 0 Å². The number of carbonyl (C=O) groups excluding carboxylic acids is 1. The van der Waals surface area contributed by atoms with Crippen LogP contribution in [0.15, 0.2) is 22.7 Å². The SMILES string of the molecule is O=C(NC1CCCCCC1C(=O)O)c1cc(Br)ccc1F. The third-order valence-electron chi connectivity index (χ3n) is 3.82. The van der Waals surface area contributed by atoms with Crippen molar-refractivity contribution >= 4 is 27.8 Å². The second-order valence-corrected chi connectivity index (χ2v) is 6.20. The van der Waals surface area contributed by atoms with Gasteiger partial charge in [0.2, 0.25) is 0 Å². The summed E-state index contributed by atoms with van der Waals surface area (Å²) in [7, 11) is 0. The lowest BCUT2D eigenvalue weighted by atomic mass is 9.94. The van der Waals surface area contributed by atoms with Gasteiger partial charge in [-0.05, 0) is 31.0 Å². The highest BCUT2D eigenvalue weighted by molar-refractivity contribution is 9.10. The van der Waals surface area contributed by atoms with Crippen LogP contribution in [-0.4, -0.2) is 23.0 Å². The molecule has 0 bridgehead atoms. The molecule has 0 aromatic heterocycles. The minimum Gasteiger partial charge on any atom is -0.481 e. The Bertz CT molecular complexity index is 550. The zero-order chi connectivity index (χ0) is 15.4. The number of rotatable bonds is 3. The molecule has 1 aromatic rings. The summed E-state index contributed by atoms with van der Waals surface area (Å²) in [5.41, 5.74) is -0.0715. The Labute approximate surface area is 130 Å². The Balaban J connectivity index is 2.16. The molecule has 0 radical (unpaired) electrons. The van der Waals surface area contributed by atoms with Crippen LogP contribution in [0.4, 0.5) is 4.39 Å². The van der Waals surface area contributed by atoms with E-state index in [9.17, 15) is 19.1 Å². The fourth-order valence-corrected chi connectivity index (χ4v) is 3.05. The van der Waals surface area contributed by atoms with Gasteiger partial charge in [-0.25, -0.2) is 4.39 Å². The van der Waals surface area contributed by atoms with Gasteiger partial charge in [0.25, 0.3) is 5.91 Å². The van der Waals surface area contributed by atoms with Crippen molar-refractivity contribution in [2.75, 3.05) is 0 Å². The van der Waals surface area contributed by atoms with Crippen LogP contribution in [0.1, 0.15) is 42.5 Å². The van der Waals surface area contributed by atoms with Gasteiger partial charge >= 0.3 is 5.97 Å². The molecule has 0 spiro atoms. The van der Waals surface area contributed by atoms with E-state index in [4.69, 9.17) is 0 Å². The van der Waals surface area contributed by atoms with Crippen molar-refractivity contribution in [1.29, 1.82) is 0 Å². The van der Waals surface area contributed by atoms with E-state index in [-0.39, 0.29) is 5.56 Å². The van der Waals surface area contributed by atoms with Gasteiger partial charge in [0.1, 0.15) is 5.82 Å². The molecular weight excluding hydrogens is 341 g/mol. The lowest BCUT2D eigenvalue weighted by Gasteiger charge is -2.23. The van der Waals surface area contributed by atoms with E-state index in [2.05, 4.69) is 21.2 Å². The Morgan fingerprint density at radius 1 is 1.24 bits per heavy atom. The van der Waals surface area contributed by atoms with Gasteiger partial charge in [-0.1, -0.05) is 35.2 Å². The summed E-state index contributed by atoms with van der Waals surface area (Å²) in [5.74, 6) is -2.69. The van der Waals surface area contributed by atoms with Crippen molar-refractivity contribution in [3.8, 4) is 0 Å². The van der Waals surface area contributed by atoms with Crippen LogP contribution in [0.5, 0.6) is 0 Å². The van der Waals surface area contributed by atoms with Crippen molar-refractivity contribution in [3.63, 3.8) is 0 Å². The molecule has 0 saturated heterocycles. The highest BCUT2D eigenvalue weighted by Gasteiger charge is 2.31. The molecule has 21 heavy (non-hydrogen) atoms. The third kappa shape index (κ3) is 4.03. The number of carboxylic acids is 1. The number of hydrogen-bond donors (Lipinski definition) is 2. The van der Waals surface area contributed by atoms with E-state index >= 15 is 0 Å². The summed E-state index contributed by atoms with van der Waals surface area (Å²) in [6.45, 7) is 0. The van der Waals surface area contributed by atoms with Gasteiger partial charge in [-0.15, -0.1) is 0 Å². The van der Waals surface area contributed by atoms with Gasteiger partial charge in [0.05, 0.1) is 11.5 Å². The van der Waals surface area contributed by atoms with E-state index in [1.165, 1.54) is 18.2 Å². The average Bonchev–Trinajstić information content (AvgIpc) is 2.67. The number of carboxylic acid groups (broad SMARTS) is 1. The average molecular weight is 358 g/mol. The summed E-state index contributed by atoms with van der Waals surface area (Å²) in [5, 5.41) is 12.0. The molecule has 2 rings (SSSR count). The number of aliphatic carboxylic acids is 1. The Kier molecular flexibility index (Phi) is 5.33. The summed E-state index contributed by atoms with van der Waals surface area (Å²) < 4.78 is 14.3. The highest BCUT2D eigenvalue weighted by Crippen LogP contribution is 2.24. The van der Waals surface area contributed by atoms with Crippen LogP contribution >= 0.6 is 15.9 Å². The number of hydrogen-bond acceptors (Lipinski definition) is 2. The lowest BCUT2D eigenvalue weighted by Crippen LogP contribution is -2.43. The predicted octanol–water partition coefficient (Wildman–Crippen LogP) is 3.35. The standard InChI is InChI=1S/C15H17BrFNO3/c16-9-6-7-12(17)11(8-9)14(19)18-13-5-3-1-2-4-10(13)15(20)21/h6-8,10,13H,1-5H2,(H,18,19)(H,20,21). The molecule has 2 atom stereocenters. The summed E-state index contributed by atoms with van der Waals surface area (Å²) in [6, 6.07) is 3.67. The predicted molar refractivity (Wildman–Crippen MR) is 79.6 cm³/mol. The first-order valence-electron chi connectivity index (χ1n) is 6.98. The van der Waals surface area contributed by atoms with E-state index in [1.54, 1.807) is 0 Å². The fourth-order valence-electron chi connectivity index (χ4n) is 2.69. The Morgan fingerprint density at radius 2 is 1.95 bits per heavy atom. The first kappa shape index (κ1) is 15.9. The first-order chi connectivity index (χ1) is 9.99. The summed E-state index contributed by atoms with van der Waals surface area (Å²) in [6.07, 6.45) is 3.82. The molecule has 2 N–H and O–H groups in total. The quantitative estimate of drug-likeness (QED) is 0.815. The zero-order valence-corrected chi connectivity index (χ0v) is 13.0. The van der Waals surface area contributed by atoms with E-state index < -0.39 is 29.7 Å². The third-order valence-corrected chi connectivity index (χ3v) is 4.32. The minimum absolute atomic E-state index is 0.0715. The van der Waals surface area contributed by atoms with Crippen LogP contribution in [-0.2, 0) is 4.79 Å². The van der Waals surface area contributed by atoms with Crippen LogP contribution in [0, 0.1) is 11.7 Å². The molecule has 1 aromatic carbocycles. The van der Waals surface area contributed by atoms with E-state index in [0.717, 1.165) is 19.3 Å². The van der Waals surface area contributed by atoms with Crippen LogP contribution in [0.2, 0.25) is 0 Å². The van der Waals surface area contributed by atoms with E-state index in [0.29, 0.717) is 17.3 Å². The molecule has 1 aliphatic rings. The molecule has 6 heteroatoms. The molecule has 1 aliphatic carbocycles. The van der Waals surface area contributed by atoms with Crippen molar-refractivity contribution in [3.05, 3.63) is 34.1 Å². The molecule has 1 saturated carbocycles. The Morgan fingerprint density at radius 3 is 2.67 bits per heavy atom. The maximum absolute atomic E-state index is 13.7. The topological polar surface area (TPSA) is 66.4 Å². The number of amides is 1. The fraction of sp³-hybridized carbons (Fsp3) is 0.467. The van der Waals surface area contributed by atoms with Gasteiger partial charge in [-0.2, -0.15) is 0 Å². The number of nitrogens with one attached hydrogen (secondary N) is 1. The van der Waals surface area contributed by atoms with Crippen LogP contribution in [0.3, 0.4) is 0 Å². The molecule has 0 aliphatic heterocycles. The molecule has 0 heterocycles. The molecular formula is C15H17BrFNO3. The zero-order valence-electron chi connectivity index (χ0n) is 11.4. The summed E-state index contributed by atoms with van der Waals surface area (Å²) in [4.78, 5) is 23.5. The lowest BCUT2D eigenvalue weighted by molar-refractivity contribution is -0.142. The van der Waals surface area contributed by atoms with Gasteiger partial charge in [0, 0.05) is 10.5 Å². The number of carbonyl (C=O) groups is 2. The molecule has 4 nitrogen and oxygen atoms in total. The van der Waals surface area contributed by atoms with Crippen LogP contribution in [0.25, 0.3) is 0 Å². The normalized spacial score (nSPS) is 22.4. The van der Waals surface area contributed by atoms with Crippen molar-refractivity contribution in [1.82, 2.24) is 5.32 Å². The smallest absolute Gasteiger partial charge is 0.308 e. The first-order valence-corrected chi connectivity index (χ1v) is 7.77. The van der Waals surface area contributed by atoms with Gasteiger partial charge in [0.15, 0.2) is 0 Å².